The number of ether oxygens (including phenoxy) is 2. The molecule has 4 rings (SSSR count). The Labute approximate surface area is 234 Å². The molecule has 1 amide bonds. The first-order valence-electron chi connectivity index (χ1n) is 12.8. The number of carbonyl (C=O) groups excluding carboxylic acids is 1. The summed E-state index contributed by atoms with van der Waals surface area (Å²) in [6.45, 7) is 4.38. The molecule has 0 aromatic heterocycles. The van der Waals surface area contributed by atoms with Gasteiger partial charge in [-0.25, -0.2) is 13.8 Å². The third-order valence-electron chi connectivity index (χ3n) is 5.86. The number of nitrogens with zero attached hydrogens (tertiary/aromatic N) is 2. The van der Waals surface area contributed by atoms with Crippen LogP contribution in [0.3, 0.4) is 0 Å². The summed E-state index contributed by atoms with van der Waals surface area (Å²) < 4.78 is 39.2. The van der Waals surface area contributed by atoms with E-state index < -0.39 is 22.5 Å². The molecule has 0 aliphatic carbocycles. The molecule has 40 heavy (non-hydrogen) atoms. The predicted molar refractivity (Wildman–Crippen MR) is 156 cm³/mol. The van der Waals surface area contributed by atoms with E-state index in [0.29, 0.717) is 30.4 Å². The molecule has 8 nitrogen and oxygen atoms in total. The quantitative estimate of drug-likeness (QED) is 0.188. The Hall–Kier alpha value is -4.63. The van der Waals surface area contributed by atoms with Crippen molar-refractivity contribution in [2.45, 2.75) is 25.3 Å². The molecule has 0 fully saturated rings. The highest BCUT2D eigenvalue weighted by molar-refractivity contribution is 7.92. The van der Waals surface area contributed by atoms with E-state index in [2.05, 4.69) is 10.5 Å². The van der Waals surface area contributed by atoms with Crippen LogP contribution in [0.5, 0.6) is 11.5 Å². The van der Waals surface area contributed by atoms with Crippen LogP contribution >= 0.6 is 0 Å². The fraction of sp³-hybridized carbons (Fsp3) is 0.161. The molecule has 0 saturated carbocycles. The van der Waals surface area contributed by atoms with Crippen molar-refractivity contribution < 1.29 is 22.7 Å². The molecule has 0 aliphatic rings. The minimum absolute atomic E-state index is 0.0740. The van der Waals surface area contributed by atoms with E-state index in [4.69, 9.17) is 9.47 Å². The van der Waals surface area contributed by atoms with E-state index in [1.165, 1.54) is 23.9 Å². The normalized spacial score (nSPS) is 11.2. The third-order valence-corrected chi connectivity index (χ3v) is 7.65. The second kappa shape index (κ2) is 13.4. The van der Waals surface area contributed by atoms with Gasteiger partial charge >= 0.3 is 0 Å². The summed E-state index contributed by atoms with van der Waals surface area (Å²) in [6.07, 6.45) is 1.48. The Morgan fingerprint density at radius 1 is 0.850 bits per heavy atom. The lowest BCUT2D eigenvalue weighted by Crippen LogP contribution is -2.39. The van der Waals surface area contributed by atoms with Crippen molar-refractivity contribution in [3.8, 4) is 11.5 Å². The number of carbonyl (C=O) groups is 1. The smallest absolute Gasteiger partial charge is 0.264 e. The summed E-state index contributed by atoms with van der Waals surface area (Å²) in [5.74, 6) is 0.713. The Morgan fingerprint density at radius 2 is 1.48 bits per heavy atom. The molecular weight excluding hydrogens is 526 g/mol. The molecule has 0 heterocycles. The van der Waals surface area contributed by atoms with Crippen molar-refractivity contribution in [2.24, 2.45) is 5.10 Å². The van der Waals surface area contributed by atoms with Crippen molar-refractivity contribution in [1.29, 1.82) is 0 Å². The summed E-state index contributed by atoms with van der Waals surface area (Å²) in [5.41, 5.74) is 5.76. The Morgan fingerprint density at radius 3 is 2.12 bits per heavy atom. The first-order chi connectivity index (χ1) is 19.3. The number of hydrazone groups is 1. The van der Waals surface area contributed by atoms with Gasteiger partial charge in [-0.2, -0.15) is 5.10 Å². The molecule has 0 spiro atoms. The van der Waals surface area contributed by atoms with Crippen molar-refractivity contribution in [1.82, 2.24) is 5.43 Å². The van der Waals surface area contributed by atoms with E-state index in [0.717, 1.165) is 15.4 Å². The van der Waals surface area contributed by atoms with Gasteiger partial charge in [-0.3, -0.25) is 9.10 Å². The fourth-order valence-corrected chi connectivity index (χ4v) is 5.20. The fourth-order valence-electron chi connectivity index (χ4n) is 3.76. The molecule has 0 radical (unpaired) electrons. The van der Waals surface area contributed by atoms with Crippen LogP contribution in [0.2, 0.25) is 0 Å². The van der Waals surface area contributed by atoms with Crippen LogP contribution in [0.15, 0.2) is 113 Å². The van der Waals surface area contributed by atoms with Crippen LogP contribution in [0.25, 0.3) is 0 Å². The number of nitrogens with one attached hydrogen (secondary N) is 1. The van der Waals surface area contributed by atoms with Crippen LogP contribution in [0.4, 0.5) is 5.69 Å². The Kier molecular flexibility index (Phi) is 9.53. The van der Waals surface area contributed by atoms with Gasteiger partial charge in [0.05, 0.1) is 23.4 Å². The minimum atomic E-state index is -4.02. The predicted octanol–water partition coefficient (Wildman–Crippen LogP) is 5.32. The van der Waals surface area contributed by atoms with E-state index >= 15 is 0 Å². The zero-order valence-electron chi connectivity index (χ0n) is 22.4. The number of amides is 1. The van der Waals surface area contributed by atoms with Crippen molar-refractivity contribution in [2.75, 3.05) is 17.5 Å². The molecule has 1 N–H and O–H groups in total. The van der Waals surface area contributed by atoms with Gasteiger partial charge in [0.15, 0.2) is 0 Å². The number of hydrogen-bond acceptors (Lipinski definition) is 6. The van der Waals surface area contributed by atoms with Crippen LogP contribution in [0, 0.1) is 6.92 Å². The van der Waals surface area contributed by atoms with E-state index in [1.54, 1.807) is 42.5 Å². The lowest BCUT2D eigenvalue weighted by Gasteiger charge is -2.24. The maximum Gasteiger partial charge on any atom is 0.264 e. The van der Waals surface area contributed by atoms with Crippen molar-refractivity contribution in [3.05, 3.63) is 120 Å². The molecule has 4 aromatic carbocycles. The molecule has 206 valence electrons. The maximum atomic E-state index is 13.4. The third kappa shape index (κ3) is 7.70. The average molecular weight is 558 g/mol. The van der Waals surface area contributed by atoms with Gasteiger partial charge in [0.25, 0.3) is 15.9 Å². The monoisotopic (exact) mass is 557 g/mol. The van der Waals surface area contributed by atoms with Crippen LogP contribution in [-0.2, 0) is 21.4 Å². The lowest BCUT2D eigenvalue weighted by molar-refractivity contribution is -0.119. The van der Waals surface area contributed by atoms with E-state index in [1.807, 2.05) is 62.4 Å². The summed E-state index contributed by atoms with van der Waals surface area (Å²) in [6, 6.07) is 29.9. The van der Waals surface area contributed by atoms with Gasteiger partial charge in [-0.05, 0) is 85.6 Å². The zero-order valence-corrected chi connectivity index (χ0v) is 23.2. The minimum Gasteiger partial charge on any atom is -0.494 e. The first-order valence-corrected chi connectivity index (χ1v) is 14.2. The first kappa shape index (κ1) is 28.4. The van der Waals surface area contributed by atoms with Crippen molar-refractivity contribution in [3.63, 3.8) is 0 Å². The van der Waals surface area contributed by atoms with Gasteiger partial charge in [0, 0.05) is 0 Å². The van der Waals surface area contributed by atoms with Crippen LogP contribution in [0.1, 0.15) is 23.6 Å². The summed E-state index contributed by atoms with van der Waals surface area (Å²) in [5, 5.41) is 4.01. The molecule has 4 aromatic rings. The maximum absolute atomic E-state index is 13.4. The standard InChI is InChI=1S/C31H31N3O5S/c1-3-38-28-19-15-27(16-20-28)34(40(36,37)30-7-5-4-6-8-30)22-31(35)33-32-21-25-13-17-29(18-14-25)39-23-26-11-9-24(2)10-12-26/h4-21H,3,22-23H2,1-2H3,(H,33,35)/b32-21+. The molecule has 0 aliphatic heterocycles. The molecular formula is C31H31N3O5S. The van der Waals surface area contributed by atoms with Crippen molar-refractivity contribution >= 4 is 27.8 Å². The van der Waals surface area contributed by atoms with Gasteiger partial charge in [0.1, 0.15) is 24.7 Å². The number of sulfonamides is 1. The number of rotatable bonds is 12. The molecule has 9 heteroatoms. The Bertz CT molecular complexity index is 1520. The highest BCUT2D eigenvalue weighted by Crippen LogP contribution is 2.25. The van der Waals surface area contributed by atoms with Gasteiger partial charge in [-0.15, -0.1) is 0 Å². The number of benzene rings is 4. The topological polar surface area (TPSA) is 97.3 Å². The molecule has 0 bridgehead atoms. The van der Waals surface area contributed by atoms with E-state index in [-0.39, 0.29) is 4.90 Å². The molecule has 0 atom stereocenters. The lowest BCUT2D eigenvalue weighted by atomic mass is 10.2. The number of anilines is 1. The van der Waals surface area contributed by atoms with Gasteiger partial charge in [0.2, 0.25) is 0 Å². The van der Waals surface area contributed by atoms with Gasteiger partial charge < -0.3 is 9.47 Å². The molecule has 0 unspecified atom stereocenters. The number of hydrogen-bond donors (Lipinski definition) is 1. The van der Waals surface area contributed by atoms with Crippen LogP contribution < -0.4 is 19.2 Å². The molecule has 0 saturated heterocycles. The highest BCUT2D eigenvalue weighted by atomic mass is 32.2. The average Bonchev–Trinajstić information content (AvgIpc) is 2.97. The largest absolute Gasteiger partial charge is 0.494 e. The van der Waals surface area contributed by atoms with Crippen LogP contribution in [-0.4, -0.2) is 33.7 Å². The second-order valence-corrected chi connectivity index (χ2v) is 10.8. The Balaban J connectivity index is 1.40. The summed E-state index contributed by atoms with van der Waals surface area (Å²) in [4.78, 5) is 12.9. The number of aryl methyl sites for hydroxylation is 1. The highest BCUT2D eigenvalue weighted by Gasteiger charge is 2.27. The summed E-state index contributed by atoms with van der Waals surface area (Å²) in [7, 11) is -4.02. The SMILES string of the molecule is CCOc1ccc(N(CC(=O)N/N=C/c2ccc(OCc3ccc(C)cc3)cc2)S(=O)(=O)c2ccccc2)cc1. The zero-order chi connectivity index (χ0) is 28.4. The van der Waals surface area contributed by atoms with Gasteiger partial charge in [-0.1, -0.05) is 48.0 Å². The van der Waals surface area contributed by atoms with E-state index in [9.17, 15) is 13.2 Å². The second-order valence-electron chi connectivity index (χ2n) is 8.89. The summed E-state index contributed by atoms with van der Waals surface area (Å²) >= 11 is 0.